The van der Waals surface area contributed by atoms with Crippen LogP contribution in [0.25, 0.3) is 0 Å². The average molecular weight is 427 g/mol. The Bertz CT molecular complexity index is 684. The molecular weight excluding hydrogens is 396 g/mol. The van der Waals surface area contributed by atoms with Crippen molar-refractivity contribution in [3.05, 3.63) is 29.8 Å². The molecule has 0 unspecified atom stereocenters. The fourth-order valence-corrected chi connectivity index (χ4v) is 2.92. The number of hydrogen-bond acceptors (Lipinski definition) is 7. The minimum absolute atomic E-state index is 0.0653. The van der Waals surface area contributed by atoms with Gasteiger partial charge in [0.2, 0.25) is 16.9 Å². The van der Waals surface area contributed by atoms with Gasteiger partial charge < -0.3 is 32.3 Å². The van der Waals surface area contributed by atoms with E-state index in [9.17, 15) is 24.6 Å². The highest BCUT2D eigenvalue weighted by Crippen LogP contribution is 2.12. The fourth-order valence-electron chi connectivity index (χ4n) is 2.64. The first-order chi connectivity index (χ1) is 13.6. The van der Waals surface area contributed by atoms with Crippen LogP contribution < -0.4 is 22.1 Å². The second kappa shape index (κ2) is 12.4. The molecule has 0 aliphatic carbocycles. The molecule has 0 fully saturated rings. The van der Waals surface area contributed by atoms with E-state index in [-0.39, 0.29) is 12.2 Å². The third-order valence-corrected chi connectivity index (χ3v) is 4.64. The largest absolute Gasteiger partial charge is 0.508 e. The number of carbonyl (C=O) groups excluding carboxylic acids is 3. The van der Waals surface area contributed by atoms with Gasteiger partial charge in [-0.2, -0.15) is 0 Å². The molecule has 0 bridgehead atoms. The summed E-state index contributed by atoms with van der Waals surface area (Å²) in [6.07, 6.45) is 0.770. The molecule has 0 saturated heterocycles. The summed E-state index contributed by atoms with van der Waals surface area (Å²) >= 11 is 3.68. The van der Waals surface area contributed by atoms with Gasteiger partial charge in [0, 0.05) is 6.42 Å². The van der Waals surface area contributed by atoms with E-state index in [1.807, 2.05) is 0 Å². The van der Waals surface area contributed by atoms with Crippen molar-refractivity contribution < 1.29 is 24.6 Å². The van der Waals surface area contributed by atoms with E-state index in [0.717, 1.165) is 6.42 Å². The first-order valence-corrected chi connectivity index (χ1v) is 9.85. The maximum absolute atomic E-state index is 12.7. The second-order valence-corrected chi connectivity index (χ2v) is 7.33. The lowest BCUT2D eigenvalue weighted by molar-refractivity contribution is -0.131. The molecule has 0 aliphatic heterocycles. The maximum Gasteiger partial charge on any atom is 0.243 e. The highest BCUT2D eigenvalue weighted by Gasteiger charge is 2.29. The van der Waals surface area contributed by atoms with E-state index in [4.69, 9.17) is 11.5 Å². The molecule has 8 N–H and O–H groups in total. The smallest absolute Gasteiger partial charge is 0.243 e. The molecule has 0 aliphatic rings. The van der Waals surface area contributed by atoms with Crippen molar-refractivity contribution in [2.24, 2.45) is 11.5 Å². The predicted molar refractivity (Wildman–Crippen MR) is 112 cm³/mol. The van der Waals surface area contributed by atoms with Gasteiger partial charge in [-0.1, -0.05) is 18.6 Å². The lowest BCUT2D eigenvalue weighted by atomic mass is 10.0. The summed E-state index contributed by atoms with van der Waals surface area (Å²) < 4.78 is 0. The van der Waals surface area contributed by atoms with Gasteiger partial charge in [-0.25, -0.2) is 0 Å². The van der Waals surface area contributed by atoms with Crippen LogP contribution in [-0.4, -0.2) is 57.9 Å². The Balaban J connectivity index is 2.92. The van der Waals surface area contributed by atoms with Crippen LogP contribution >= 0.6 is 12.6 Å². The molecule has 0 saturated carbocycles. The number of phenolic OH excluding ortho intramolecular Hbond substituents is 1. The van der Waals surface area contributed by atoms with Crippen LogP contribution in [0.15, 0.2) is 24.3 Å². The number of unbranched alkanes of at least 4 members (excludes halogenated alkanes) is 1. The number of amides is 2. The zero-order valence-electron chi connectivity index (χ0n) is 16.4. The molecule has 10 heteroatoms. The molecule has 9 nitrogen and oxygen atoms in total. The Kier molecular flexibility index (Phi) is 10.7. The molecule has 1 aromatic carbocycles. The summed E-state index contributed by atoms with van der Waals surface area (Å²) in [7, 11) is 0. The minimum atomic E-state index is -1.22. The second-order valence-electron chi connectivity index (χ2n) is 6.89. The van der Waals surface area contributed by atoms with Crippen LogP contribution in [0.4, 0.5) is 0 Å². The molecule has 0 heterocycles. The molecule has 1 rings (SSSR count). The monoisotopic (exact) mass is 426 g/mol. The Labute approximate surface area is 175 Å². The van der Waals surface area contributed by atoms with Crippen molar-refractivity contribution >= 4 is 29.6 Å². The summed E-state index contributed by atoms with van der Waals surface area (Å²) in [4.78, 5) is 36.7. The standard InChI is InChI=1S/C19H30N4O5S/c1-11(24)16(19(28)29)23-18(27)15(10-12-5-7-13(25)8-6-12)22-17(26)14(21)4-2-3-9-20/h5-8,11,14-16,24-25H,2-4,9-10,20-21H2,1H3,(H,22,26)(H,23,27)(H,28,29)/t11-,14+,15+,16+/m1/s1. The normalized spacial score (nSPS) is 15.1. The maximum atomic E-state index is 12.7. The number of carbonyl (C=O) groups is 3. The quantitative estimate of drug-likeness (QED) is 0.169. The summed E-state index contributed by atoms with van der Waals surface area (Å²) in [5.74, 6) is -1.10. The summed E-state index contributed by atoms with van der Waals surface area (Å²) in [6, 6.07) is 3.07. The Morgan fingerprint density at radius 3 is 2.24 bits per heavy atom. The lowest BCUT2D eigenvalue weighted by Gasteiger charge is -2.24. The summed E-state index contributed by atoms with van der Waals surface area (Å²) in [5.41, 5.74) is 12.0. The van der Waals surface area contributed by atoms with E-state index in [0.29, 0.717) is 24.9 Å². The van der Waals surface area contributed by atoms with E-state index >= 15 is 0 Å². The Hall–Kier alpha value is -2.14. The molecule has 162 valence electrons. The van der Waals surface area contributed by atoms with Gasteiger partial charge in [-0.3, -0.25) is 14.4 Å². The number of phenols is 1. The third-order valence-electron chi connectivity index (χ3n) is 4.36. The lowest BCUT2D eigenvalue weighted by Crippen LogP contribution is -2.56. The van der Waals surface area contributed by atoms with Crippen molar-refractivity contribution in [1.29, 1.82) is 0 Å². The van der Waals surface area contributed by atoms with Crippen LogP contribution in [0.3, 0.4) is 0 Å². The van der Waals surface area contributed by atoms with Crippen LogP contribution in [-0.2, 0) is 20.8 Å². The van der Waals surface area contributed by atoms with Crippen molar-refractivity contribution in [2.75, 3.05) is 6.54 Å². The van der Waals surface area contributed by atoms with E-state index in [2.05, 4.69) is 23.3 Å². The Morgan fingerprint density at radius 2 is 1.72 bits per heavy atom. The molecular formula is C19H30N4O5S. The Morgan fingerprint density at radius 1 is 1.10 bits per heavy atom. The van der Waals surface area contributed by atoms with Gasteiger partial charge >= 0.3 is 0 Å². The number of aliphatic hydroxyl groups excluding tert-OH is 1. The van der Waals surface area contributed by atoms with Crippen LogP contribution in [0, 0.1) is 0 Å². The van der Waals surface area contributed by atoms with Crippen LogP contribution in [0.5, 0.6) is 5.75 Å². The number of nitrogens with one attached hydrogen (secondary N) is 2. The van der Waals surface area contributed by atoms with E-state index < -0.39 is 41.2 Å². The zero-order valence-corrected chi connectivity index (χ0v) is 17.3. The predicted octanol–water partition coefficient (Wildman–Crippen LogP) is -0.802. The molecule has 1 aromatic rings. The van der Waals surface area contributed by atoms with E-state index in [1.54, 1.807) is 12.1 Å². The molecule has 4 atom stereocenters. The van der Waals surface area contributed by atoms with Gasteiger partial charge in [0.1, 0.15) is 17.8 Å². The van der Waals surface area contributed by atoms with Gasteiger partial charge in [-0.05, 0) is 44.0 Å². The van der Waals surface area contributed by atoms with Gasteiger partial charge in [0.05, 0.1) is 12.1 Å². The number of thiol groups is 1. The van der Waals surface area contributed by atoms with Gasteiger partial charge in [0.25, 0.3) is 0 Å². The van der Waals surface area contributed by atoms with Gasteiger partial charge in [-0.15, -0.1) is 12.6 Å². The number of aliphatic hydroxyl groups is 1. The first kappa shape index (κ1) is 24.9. The van der Waals surface area contributed by atoms with Crippen molar-refractivity contribution in [1.82, 2.24) is 10.6 Å². The SMILES string of the molecule is C[C@@H](O)[C@H](NC(=O)[C@H](Cc1ccc(O)cc1)NC(=O)[C@@H](N)CCCCN)C(=O)S. The molecule has 2 amide bonds. The topological polar surface area (TPSA) is 168 Å². The van der Waals surface area contributed by atoms with Crippen molar-refractivity contribution in [3.63, 3.8) is 0 Å². The fraction of sp³-hybridized carbons (Fsp3) is 0.526. The first-order valence-electron chi connectivity index (χ1n) is 9.40. The number of hydrogen-bond donors (Lipinski definition) is 7. The number of aromatic hydroxyl groups is 1. The van der Waals surface area contributed by atoms with Crippen LogP contribution in [0.2, 0.25) is 0 Å². The molecule has 0 spiro atoms. The molecule has 0 radical (unpaired) electrons. The molecule has 0 aromatic heterocycles. The number of benzene rings is 1. The van der Waals surface area contributed by atoms with Crippen LogP contribution in [0.1, 0.15) is 31.7 Å². The third kappa shape index (κ3) is 8.82. The average Bonchev–Trinajstić information content (AvgIpc) is 2.66. The van der Waals surface area contributed by atoms with Gasteiger partial charge in [0.15, 0.2) is 0 Å². The highest BCUT2D eigenvalue weighted by molar-refractivity contribution is 7.96. The summed E-state index contributed by atoms with van der Waals surface area (Å²) in [5, 5.41) is 23.4. The number of nitrogens with two attached hydrogens (primary N) is 2. The summed E-state index contributed by atoms with van der Waals surface area (Å²) in [6.45, 7) is 1.85. The highest BCUT2D eigenvalue weighted by atomic mass is 32.1. The zero-order chi connectivity index (χ0) is 22.0. The van der Waals surface area contributed by atoms with E-state index in [1.165, 1.54) is 19.1 Å². The minimum Gasteiger partial charge on any atom is -0.508 e. The van der Waals surface area contributed by atoms with Crippen molar-refractivity contribution in [3.8, 4) is 5.75 Å². The number of rotatable bonds is 12. The molecule has 29 heavy (non-hydrogen) atoms. The van der Waals surface area contributed by atoms with Crippen molar-refractivity contribution in [2.45, 2.75) is 56.8 Å².